The van der Waals surface area contributed by atoms with E-state index in [0.717, 1.165) is 12.8 Å². The molecule has 1 amide bonds. The zero-order valence-electron chi connectivity index (χ0n) is 10.9. The van der Waals surface area contributed by atoms with Crippen molar-refractivity contribution in [3.05, 3.63) is 24.0 Å². The van der Waals surface area contributed by atoms with Crippen molar-refractivity contribution in [2.45, 2.75) is 39.2 Å². The van der Waals surface area contributed by atoms with Gasteiger partial charge in [-0.1, -0.05) is 20.3 Å². The topological polar surface area (TPSA) is 80.0 Å². The Bertz CT molecular complexity index is 427. The smallest absolute Gasteiger partial charge is 0.270 e. The van der Waals surface area contributed by atoms with Crippen molar-refractivity contribution >= 4 is 11.6 Å². The first-order valence-corrected chi connectivity index (χ1v) is 6.26. The maximum atomic E-state index is 12.1. The number of hydrazine groups is 1. The lowest BCUT2D eigenvalue weighted by atomic mass is 9.87. The van der Waals surface area contributed by atoms with Gasteiger partial charge in [0.05, 0.1) is 11.9 Å². The predicted octanol–water partition coefficient (Wildman–Crippen LogP) is 1.68. The van der Waals surface area contributed by atoms with E-state index in [1.165, 1.54) is 6.42 Å². The molecule has 1 saturated carbocycles. The van der Waals surface area contributed by atoms with Gasteiger partial charge in [0.25, 0.3) is 5.91 Å². The molecule has 1 aliphatic carbocycles. The van der Waals surface area contributed by atoms with Gasteiger partial charge in [-0.2, -0.15) is 0 Å². The molecule has 2 rings (SSSR count). The summed E-state index contributed by atoms with van der Waals surface area (Å²) in [4.78, 5) is 16.1. The van der Waals surface area contributed by atoms with Crippen LogP contribution in [-0.4, -0.2) is 16.9 Å². The highest BCUT2D eigenvalue weighted by Crippen LogP contribution is 2.37. The van der Waals surface area contributed by atoms with Gasteiger partial charge in [0.2, 0.25) is 0 Å². The molecular weight excluding hydrogens is 228 g/mol. The standard InChI is InChI=1S/C13H20N4O/c1-13(2)7-3-4-11(13)16-12(18)10-6-5-9(17-14)8-15-10/h5-6,8,11,17H,3-4,7,14H2,1-2H3,(H,16,18). The van der Waals surface area contributed by atoms with Crippen molar-refractivity contribution in [3.63, 3.8) is 0 Å². The Morgan fingerprint density at radius 1 is 1.50 bits per heavy atom. The molecule has 1 aromatic heterocycles. The van der Waals surface area contributed by atoms with E-state index in [1.807, 2.05) is 0 Å². The van der Waals surface area contributed by atoms with Gasteiger partial charge >= 0.3 is 0 Å². The van der Waals surface area contributed by atoms with Gasteiger partial charge in [0, 0.05) is 6.04 Å². The lowest BCUT2D eigenvalue weighted by Gasteiger charge is -2.27. The third kappa shape index (κ3) is 2.61. The number of amides is 1. The number of aromatic nitrogens is 1. The molecule has 0 spiro atoms. The average molecular weight is 248 g/mol. The van der Waals surface area contributed by atoms with E-state index < -0.39 is 0 Å². The minimum atomic E-state index is -0.112. The van der Waals surface area contributed by atoms with Gasteiger partial charge in [-0.05, 0) is 30.4 Å². The van der Waals surface area contributed by atoms with E-state index in [4.69, 9.17) is 5.84 Å². The van der Waals surface area contributed by atoms with Gasteiger partial charge in [-0.3, -0.25) is 10.6 Å². The van der Waals surface area contributed by atoms with Crippen molar-refractivity contribution < 1.29 is 4.79 Å². The van der Waals surface area contributed by atoms with E-state index in [1.54, 1.807) is 18.3 Å². The highest BCUT2D eigenvalue weighted by atomic mass is 16.1. The van der Waals surface area contributed by atoms with Crippen LogP contribution in [-0.2, 0) is 0 Å². The summed E-state index contributed by atoms with van der Waals surface area (Å²) < 4.78 is 0. The molecular formula is C13H20N4O. The Hall–Kier alpha value is -1.62. The minimum Gasteiger partial charge on any atom is -0.347 e. The molecule has 5 nitrogen and oxygen atoms in total. The van der Waals surface area contributed by atoms with E-state index in [9.17, 15) is 4.79 Å². The number of carbonyl (C=O) groups excluding carboxylic acids is 1. The molecule has 1 aromatic rings. The molecule has 18 heavy (non-hydrogen) atoms. The van der Waals surface area contributed by atoms with Crippen molar-refractivity contribution in [2.75, 3.05) is 5.43 Å². The quantitative estimate of drug-likeness (QED) is 0.561. The highest BCUT2D eigenvalue weighted by Gasteiger charge is 2.35. The Morgan fingerprint density at radius 2 is 2.28 bits per heavy atom. The molecule has 5 heteroatoms. The monoisotopic (exact) mass is 248 g/mol. The molecule has 0 saturated heterocycles. The van der Waals surface area contributed by atoms with Crippen LogP contribution < -0.4 is 16.6 Å². The zero-order valence-corrected chi connectivity index (χ0v) is 10.9. The molecule has 1 heterocycles. The second-order valence-corrected chi connectivity index (χ2v) is 5.48. The fourth-order valence-corrected chi connectivity index (χ4v) is 2.44. The fourth-order valence-electron chi connectivity index (χ4n) is 2.44. The molecule has 0 radical (unpaired) electrons. The van der Waals surface area contributed by atoms with Crippen molar-refractivity contribution in [3.8, 4) is 0 Å². The molecule has 0 bridgehead atoms. The second kappa shape index (κ2) is 4.94. The number of nitrogen functional groups attached to an aromatic ring is 1. The lowest BCUT2D eigenvalue weighted by Crippen LogP contribution is -2.41. The summed E-state index contributed by atoms with van der Waals surface area (Å²) in [7, 11) is 0. The maximum absolute atomic E-state index is 12.1. The largest absolute Gasteiger partial charge is 0.347 e. The lowest BCUT2D eigenvalue weighted by molar-refractivity contribution is 0.0905. The highest BCUT2D eigenvalue weighted by molar-refractivity contribution is 5.92. The van der Waals surface area contributed by atoms with Gasteiger partial charge in [0.15, 0.2) is 0 Å². The van der Waals surface area contributed by atoms with Crippen molar-refractivity contribution in [1.82, 2.24) is 10.3 Å². The van der Waals surface area contributed by atoms with Crippen molar-refractivity contribution in [2.24, 2.45) is 11.3 Å². The van der Waals surface area contributed by atoms with Crippen LogP contribution in [0.2, 0.25) is 0 Å². The van der Waals surface area contributed by atoms with Crippen LogP contribution in [0, 0.1) is 5.41 Å². The van der Waals surface area contributed by atoms with E-state index in [2.05, 4.69) is 29.6 Å². The van der Waals surface area contributed by atoms with Gasteiger partial charge in [-0.15, -0.1) is 0 Å². The van der Waals surface area contributed by atoms with Gasteiger partial charge in [0.1, 0.15) is 5.69 Å². The average Bonchev–Trinajstić information content (AvgIpc) is 2.69. The Labute approximate surface area is 107 Å². The normalized spacial score (nSPS) is 21.6. The van der Waals surface area contributed by atoms with Crippen LogP contribution in [0.4, 0.5) is 5.69 Å². The molecule has 1 unspecified atom stereocenters. The van der Waals surface area contributed by atoms with Gasteiger partial charge in [-0.25, -0.2) is 4.98 Å². The van der Waals surface area contributed by atoms with E-state index in [0.29, 0.717) is 11.4 Å². The summed E-state index contributed by atoms with van der Waals surface area (Å²) in [6, 6.07) is 3.65. The third-order valence-electron chi connectivity index (χ3n) is 3.73. The fraction of sp³-hybridized carbons (Fsp3) is 0.538. The molecule has 0 aromatic carbocycles. The van der Waals surface area contributed by atoms with Crippen LogP contribution in [0.5, 0.6) is 0 Å². The number of anilines is 1. The first-order valence-electron chi connectivity index (χ1n) is 6.26. The number of nitrogens with zero attached hydrogens (tertiary/aromatic N) is 1. The number of carbonyl (C=O) groups is 1. The van der Waals surface area contributed by atoms with Crippen LogP contribution in [0.15, 0.2) is 18.3 Å². The number of pyridine rings is 1. The minimum absolute atomic E-state index is 0.112. The first kappa shape index (κ1) is 12.8. The molecule has 0 aliphatic heterocycles. The van der Waals surface area contributed by atoms with Crippen LogP contribution in [0.25, 0.3) is 0 Å². The van der Waals surface area contributed by atoms with E-state index in [-0.39, 0.29) is 17.4 Å². The van der Waals surface area contributed by atoms with Crippen molar-refractivity contribution in [1.29, 1.82) is 0 Å². The summed E-state index contributed by atoms with van der Waals surface area (Å²) in [5, 5.41) is 3.07. The molecule has 98 valence electrons. The molecule has 4 N–H and O–H groups in total. The Kier molecular flexibility index (Phi) is 3.52. The summed E-state index contributed by atoms with van der Waals surface area (Å²) in [6.45, 7) is 4.39. The van der Waals surface area contributed by atoms with Crippen LogP contribution in [0.3, 0.4) is 0 Å². The SMILES string of the molecule is CC1(C)CCCC1NC(=O)c1ccc(NN)cn1. The number of rotatable bonds is 3. The third-order valence-corrected chi connectivity index (χ3v) is 3.73. The number of hydrogen-bond acceptors (Lipinski definition) is 4. The summed E-state index contributed by atoms with van der Waals surface area (Å²) >= 11 is 0. The van der Waals surface area contributed by atoms with Crippen LogP contribution in [0.1, 0.15) is 43.6 Å². The van der Waals surface area contributed by atoms with Crippen LogP contribution >= 0.6 is 0 Å². The number of nitrogens with one attached hydrogen (secondary N) is 2. The molecule has 1 atom stereocenters. The zero-order chi connectivity index (χ0) is 13.2. The Morgan fingerprint density at radius 3 is 2.78 bits per heavy atom. The second-order valence-electron chi connectivity index (χ2n) is 5.48. The Balaban J connectivity index is 2.03. The molecule has 1 fully saturated rings. The maximum Gasteiger partial charge on any atom is 0.270 e. The molecule has 1 aliphatic rings. The summed E-state index contributed by atoms with van der Waals surface area (Å²) in [6.07, 6.45) is 4.92. The number of nitrogens with two attached hydrogens (primary N) is 1. The predicted molar refractivity (Wildman–Crippen MR) is 70.9 cm³/mol. The summed E-state index contributed by atoms with van der Waals surface area (Å²) in [5.74, 6) is 5.14. The number of hydrogen-bond donors (Lipinski definition) is 3. The summed E-state index contributed by atoms with van der Waals surface area (Å²) in [5.41, 5.74) is 3.78. The van der Waals surface area contributed by atoms with Gasteiger partial charge < -0.3 is 10.7 Å². The first-order chi connectivity index (χ1) is 8.53. The van der Waals surface area contributed by atoms with E-state index >= 15 is 0 Å².